The van der Waals surface area contributed by atoms with Gasteiger partial charge in [0.05, 0.1) is 11.4 Å². The first-order valence-electron chi connectivity index (χ1n) is 10.1. The molecule has 3 amide bonds. The van der Waals surface area contributed by atoms with E-state index in [0.717, 1.165) is 21.0 Å². The van der Waals surface area contributed by atoms with Crippen molar-refractivity contribution in [2.45, 2.75) is 25.3 Å². The van der Waals surface area contributed by atoms with E-state index < -0.39 is 22.0 Å². The maximum absolute atomic E-state index is 13.4. The zero-order valence-electron chi connectivity index (χ0n) is 17.8. The third-order valence-electron chi connectivity index (χ3n) is 5.23. The number of para-hydroxylation sites is 1. The Bertz CT molecular complexity index is 1290. The van der Waals surface area contributed by atoms with Gasteiger partial charge in [0.2, 0.25) is 5.91 Å². The Kier molecular flexibility index (Phi) is 5.71. The lowest BCUT2D eigenvalue weighted by Crippen LogP contribution is -2.53. The molecule has 0 saturated carbocycles. The number of aryl methyl sites for hydroxylation is 2. The fraction of sp³-hybridized carbons (Fsp3) is 0.167. The highest BCUT2D eigenvalue weighted by Crippen LogP contribution is 2.37. The Morgan fingerprint density at radius 1 is 0.906 bits per heavy atom. The number of carbonyl (C=O) groups is 2. The molecule has 0 atom stereocenters. The van der Waals surface area contributed by atoms with E-state index in [-0.39, 0.29) is 22.8 Å². The van der Waals surface area contributed by atoms with Gasteiger partial charge in [0.1, 0.15) is 11.4 Å². The van der Waals surface area contributed by atoms with E-state index >= 15 is 0 Å². The van der Waals surface area contributed by atoms with Gasteiger partial charge in [-0.2, -0.15) is 4.31 Å². The standard InChI is InChI=1S/C24H23N3O4S/c1-17-10-12-19(13-11-17)15-25-23(28)16-26-21-8-3-4-9-22(21)32(30,31)27(24(26)29)20-7-5-6-18(2)14-20/h3-14H,15-16H2,1-2H3,(H,25,28). The van der Waals surface area contributed by atoms with E-state index in [2.05, 4.69) is 5.32 Å². The number of nitrogens with zero attached hydrogens (tertiary/aromatic N) is 2. The lowest BCUT2D eigenvalue weighted by atomic mass is 10.1. The summed E-state index contributed by atoms with van der Waals surface area (Å²) in [6.07, 6.45) is 0. The molecule has 0 unspecified atom stereocenters. The molecule has 0 radical (unpaired) electrons. The van der Waals surface area contributed by atoms with Crippen LogP contribution in [0.15, 0.2) is 77.7 Å². The molecule has 7 nitrogen and oxygen atoms in total. The van der Waals surface area contributed by atoms with Crippen molar-refractivity contribution in [2.75, 3.05) is 15.7 Å². The van der Waals surface area contributed by atoms with Crippen molar-refractivity contribution in [1.29, 1.82) is 0 Å². The van der Waals surface area contributed by atoms with Crippen LogP contribution < -0.4 is 14.5 Å². The predicted octanol–water partition coefficient (Wildman–Crippen LogP) is 3.76. The highest BCUT2D eigenvalue weighted by Gasteiger charge is 2.43. The number of nitrogens with one attached hydrogen (secondary N) is 1. The molecule has 8 heteroatoms. The number of hydrogen-bond acceptors (Lipinski definition) is 4. The average molecular weight is 450 g/mol. The number of sulfonamides is 1. The lowest BCUT2D eigenvalue weighted by Gasteiger charge is -2.35. The van der Waals surface area contributed by atoms with Crippen molar-refractivity contribution in [2.24, 2.45) is 0 Å². The second kappa shape index (κ2) is 8.47. The van der Waals surface area contributed by atoms with Gasteiger partial charge in [0, 0.05) is 6.54 Å². The molecule has 1 N–H and O–H groups in total. The van der Waals surface area contributed by atoms with E-state index in [9.17, 15) is 18.0 Å². The summed E-state index contributed by atoms with van der Waals surface area (Å²) in [6.45, 7) is 3.80. The molecule has 4 rings (SSSR count). The van der Waals surface area contributed by atoms with Crippen LogP contribution >= 0.6 is 0 Å². The molecule has 0 spiro atoms. The molecule has 1 aliphatic rings. The third kappa shape index (κ3) is 4.09. The van der Waals surface area contributed by atoms with Crippen LogP contribution in [-0.4, -0.2) is 26.9 Å². The second-order valence-electron chi connectivity index (χ2n) is 7.71. The first-order valence-corrected chi connectivity index (χ1v) is 11.6. The van der Waals surface area contributed by atoms with Gasteiger partial charge in [-0.1, -0.05) is 54.1 Å². The van der Waals surface area contributed by atoms with E-state index in [1.165, 1.54) is 17.0 Å². The Hall–Kier alpha value is -3.65. The summed E-state index contributed by atoms with van der Waals surface area (Å²) in [6, 6.07) is 19.9. The van der Waals surface area contributed by atoms with Crippen LogP contribution in [0.3, 0.4) is 0 Å². The molecular formula is C24H23N3O4S. The Morgan fingerprint density at radius 2 is 1.62 bits per heavy atom. The van der Waals surface area contributed by atoms with Gasteiger partial charge in [0.25, 0.3) is 10.0 Å². The molecule has 1 heterocycles. The number of amides is 3. The molecule has 3 aromatic rings. The van der Waals surface area contributed by atoms with Crippen LogP contribution in [0.1, 0.15) is 16.7 Å². The Morgan fingerprint density at radius 3 is 2.34 bits per heavy atom. The summed E-state index contributed by atoms with van der Waals surface area (Å²) >= 11 is 0. The summed E-state index contributed by atoms with van der Waals surface area (Å²) < 4.78 is 27.3. The molecule has 0 aliphatic carbocycles. The van der Waals surface area contributed by atoms with Gasteiger partial charge in [-0.3, -0.25) is 9.69 Å². The Balaban J connectivity index is 1.64. The molecule has 1 aliphatic heterocycles. The number of rotatable bonds is 5. The number of hydrogen-bond donors (Lipinski definition) is 1. The summed E-state index contributed by atoms with van der Waals surface area (Å²) in [5.74, 6) is -0.391. The molecular weight excluding hydrogens is 426 g/mol. The molecule has 0 bridgehead atoms. The quantitative estimate of drug-likeness (QED) is 0.643. The van der Waals surface area contributed by atoms with E-state index in [1.807, 2.05) is 44.2 Å². The monoisotopic (exact) mass is 449 g/mol. The van der Waals surface area contributed by atoms with Gasteiger partial charge in [-0.05, 0) is 49.2 Å². The zero-order valence-corrected chi connectivity index (χ0v) is 18.6. The number of fused-ring (bicyclic) bond motifs is 1. The average Bonchev–Trinajstić information content (AvgIpc) is 2.76. The van der Waals surface area contributed by atoms with Gasteiger partial charge >= 0.3 is 6.03 Å². The molecule has 3 aromatic carbocycles. The minimum absolute atomic E-state index is 0.0209. The number of anilines is 2. The minimum Gasteiger partial charge on any atom is -0.350 e. The SMILES string of the molecule is Cc1ccc(CNC(=O)CN2C(=O)N(c3cccc(C)c3)S(=O)(=O)c3ccccc32)cc1. The molecule has 164 valence electrons. The van der Waals surface area contributed by atoms with Crippen molar-refractivity contribution in [3.63, 3.8) is 0 Å². The van der Waals surface area contributed by atoms with Crippen LogP contribution in [0, 0.1) is 13.8 Å². The lowest BCUT2D eigenvalue weighted by molar-refractivity contribution is -0.119. The van der Waals surface area contributed by atoms with Crippen LogP contribution in [0.5, 0.6) is 0 Å². The molecule has 0 aromatic heterocycles. The highest BCUT2D eigenvalue weighted by atomic mass is 32.2. The van der Waals surface area contributed by atoms with Crippen molar-refractivity contribution >= 4 is 33.3 Å². The van der Waals surface area contributed by atoms with E-state index in [0.29, 0.717) is 6.54 Å². The maximum atomic E-state index is 13.4. The first-order chi connectivity index (χ1) is 15.3. The normalized spacial score (nSPS) is 14.8. The second-order valence-corrected chi connectivity index (χ2v) is 9.46. The van der Waals surface area contributed by atoms with Crippen molar-refractivity contribution < 1.29 is 18.0 Å². The topological polar surface area (TPSA) is 86.8 Å². The van der Waals surface area contributed by atoms with E-state index in [1.54, 1.807) is 30.3 Å². The van der Waals surface area contributed by atoms with Crippen LogP contribution in [0.4, 0.5) is 16.2 Å². The summed E-state index contributed by atoms with van der Waals surface area (Å²) in [4.78, 5) is 27.2. The fourth-order valence-corrected chi connectivity index (χ4v) is 5.16. The maximum Gasteiger partial charge on any atom is 0.343 e. The summed E-state index contributed by atoms with van der Waals surface area (Å²) in [5, 5.41) is 2.80. The highest BCUT2D eigenvalue weighted by molar-refractivity contribution is 7.94. The molecule has 32 heavy (non-hydrogen) atoms. The largest absolute Gasteiger partial charge is 0.350 e. The van der Waals surface area contributed by atoms with Gasteiger partial charge in [-0.25, -0.2) is 13.2 Å². The van der Waals surface area contributed by atoms with Crippen LogP contribution in [-0.2, 0) is 21.4 Å². The van der Waals surface area contributed by atoms with Gasteiger partial charge in [-0.15, -0.1) is 0 Å². The van der Waals surface area contributed by atoms with Crippen molar-refractivity contribution in [3.8, 4) is 0 Å². The smallest absolute Gasteiger partial charge is 0.343 e. The fourth-order valence-electron chi connectivity index (χ4n) is 3.57. The number of benzene rings is 3. The van der Waals surface area contributed by atoms with Crippen LogP contribution in [0.25, 0.3) is 0 Å². The third-order valence-corrected chi connectivity index (χ3v) is 6.98. The molecule has 0 fully saturated rings. The zero-order chi connectivity index (χ0) is 22.9. The van der Waals surface area contributed by atoms with Crippen molar-refractivity contribution in [1.82, 2.24) is 5.32 Å². The van der Waals surface area contributed by atoms with Crippen molar-refractivity contribution in [3.05, 3.63) is 89.5 Å². The van der Waals surface area contributed by atoms with E-state index in [4.69, 9.17) is 0 Å². The first kappa shape index (κ1) is 21.6. The number of carbonyl (C=O) groups excluding carboxylic acids is 2. The number of urea groups is 1. The minimum atomic E-state index is -4.12. The summed E-state index contributed by atoms with van der Waals surface area (Å²) in [5.41, 5.74) is 3.28. The molecule has 0 saturated heterocycles. The predicted molar refractivity (Wildman–Crippen MR) is 123 cm³/mol. The van der Waals surface area contributed by atoms with Gasteiger partial charge < -0.3 is 5.32 Å². The summed E-state index contributed by atoms with van der Waals surface area (Å²) in [7, 11) is -4.12. The Labute approximate surface area is 187 Å². The van der Waals surface area contributed by atoms with Crippen LogP contribution in [0.2, 0.25) is 0 Å². The van der Waals surface area contributed by atoms with Gasteiger partial charge in [0.15, 0.2) is 0 Å².